The van der Waals surface area contributed by atoms with E-state index in [-0.39, 0.29) is 16.6 Å². The molecule has 0 saturated carbocycles. The minimum Gasteiger partial charge on any atom is -0.478 e. The van der Waals surface area contributed by atoms with Crippen molar-refractivity contribution in [3.63, 3.8) is 0 Å². The Labute approximate surface area is 113 Å². The molecule has 0 spiro atoms. The molecule has 1 aromatic carbocycles. The second kappa shape index (κ2) is 5.49. The number of hydrogen-bond acceptors (Lipinski definition) is 3. The first kappa shape index (κ1) is 13.0. The first-order valence-electron chi connectivity index (χ1n) is 5.32. The highest BCUT2D eigenvalue weighted by atomic mass is 35.5. The third-order valence-electron chi connectivity index (χ3n) is 2.38. The summed E-state index contributed by atoms with van der Waals surface area (Å²) in [5, 5.41) is 11.6. The molecule has 1 heterocycles. The Morgan fingerprint density at radius 1 is 1.11 bits per heavy atom. The largest absolute Gasteiger partial charge is 0.478 e. The molecule has 6 heteroatoms. The number of carbonyl (C=O) groups is 2. The Morgan fingerprint density at radius 2 is 1.79 bits per heavy atom. The highest BCUT2D eigenvalue weighted by Gasteiger charge is 2.07. The standard InChI is InChI=1S/C13H9ClN2O3/c14-11-7-9(5-6-15-11)12(17)16-10-3-1-8(2-4-10)13(18)19/h1-7H,(H,16,17)(H,18,19). The lowest BCUT2D eigenvalue weighted by Crippen LogP contribution is -2.12. The first-order valence-corrected chi connectivity index (χ1v) is 5.70. The van der Waals surface area contributed by atoms with Gasteiger partial charge in [0, 0.05) is 17.4 Å². The maximum atomic E-state index is 11.9. The zero-order chi connectivity index (χ0) is 13.8. The summed E-state index contributed by atoms with van der Waals surface area (Å²) < 4.78 is 0. The number of benzene rings is 1. The van der Waals surface area contributed by atoms with E-state index >= 15 is 0 Å². The molecule has 0 saturated heterocycles. The normalized spacial score (nSPS) is 9.95. The number of halogens is 1. The van der Waals surface area contributed by atoms with Gasteiger partial charge in [-0.2, -0.15) is 0 Å². The third-order valence-corrected chi connectivity index (χ3v) is 2.59. The van der Waals surface area contributed by atoms with Gasteiger partial charge in [-0.1, -0.05) is 11.6 Å². The zero-order valence-electron chi connectivity index (χ0n) is 9.63. The van der Waals surface area contributed by atoms with Gasteiger partial charge in [0.1, 0.15) is 5.15 Å². The van der Waals surface area contributed by atoms with Crippen molar-refractivity contribution in [1.29, 1.82) is 0 Å². The summed E-state index contributed by atoms with van der Waals surface area (Å²) in [7, 11) is 0. The maximum Gasteiger partial charge on any atom is 0.335 e. The highest BCUT2D eigenvalue weighted by Crippen LogP contribution is 2.13. The molecule has 2 N–H and O–H groups in total. The summed E-state index contributed by atoms with van der Waals surface area (Å²) in [6.45, 7) is 0. The van der Waals surface area contributed by atoms with Gasteiger partial charge < -0.3 is 10.4 Å². The summed E-state index contributed by atoms with van der Waals surface area (Å²) in [5.41, 5.74) is 1.04. The van der Waals surface area contributed by atoms with Crippen molar-refractivity contribution >= 4 is 29.2 Å². The van der Waals surface area contributed by atoms with Crippen LogP contribution in [0.4, 0.5) is 5.69 Å². The molecule has 0 aliphatic carbocycles. The van der Waals surface area contributed by atoms with E-state index in [0.29, 0.717) is 11.3 Å². The molecule has 96 valence electrons. The summed E-state index contributed by atoms with van der Waals surface area (Å²) in [6.07, 6.45) is 1.44. The minimum absolute atomic E-state index is 0.157. The number of hydrogen-bond donors (Lipinski definition) is 2. The number of anilines is 1. The van der Waals surface area contributed by atoms with Crippen molar-refractivity contribution in [3.05, 3.63) is 58.9 Å². The number of carboxylic acid groups (broad SMARTS) is 1. The number of rotatable bonds is 3. The molecule has 0 bridgehead atoms. The number of pyridine rings is 1. The van der Waals surface area contributed by atoms with Gasteiger partial charge in [0.05, 0.1) is 5.56 Å². The molecule has 2 rings (SSSR count). The molecule has 0 unspecified atom stereocenters. The average molecular weight is 277 g/mol. The average Bonchev–Trinajstić information content (AvgIpc) is 2.39. The number of nitrogens with zero attached hydrogens (tertiary/aromatic N) is 1. The van der Waals surface area contributed by atoms with Gasteiger partial charge in [0.2, 0.25) is 0 Å². The van der Waals surface area contributed by atoms with Crippen molar-refractivity contribution in [2.24, 2.45) is 0 Å². The van der Waals surface area contributed by atoms with Crippen LogP contribution in [0.2, 0.25) is 5.15 Å². The number of amides is 1. The first-order chi connectivity index (χ1) is 9.06. The summed E-state index contributed by atoms with van der Waals surface area (Å²) in [5.74, 6) is -1.36. The monoisotopic (exact) mass is 276 g/mol. The maximum absolute atomic E-state index is 11.9. The molecular formula is C13H9ClN2O3. The van der Waals surface area contributed by atoms with Crippen LogP contribution in [0.3, 0.4) is 0 Å². The van der Waals surface area contributed by atoms with E-state index in [0.717, 1.165) is 0 Å². The van der Waals surface area contributed by atoms with Gasteiger partial charge in [0.25, 0.3) is 5.91 Å². The van der Waals surface area contributed by atoms with Crippen LogP contribution in [0.25, 0.3) is 0 Å². The van der Waals surface area contributed by atoms with Crippen LogP contribution in [0.1, 0.15) is 20.7 Å². The van der Waals surface area contributed by atoms with Crippen molar-refractivity contribution in [2.45, 2.75) is 0 Å². The molecule has 2 aromatic rings. The van der Waals surface area contributed by atoms with Crippen LogP contribution in [-0.4, -0.2) is 22.0 Å². The zero-order valence-corrected chi connectivity index (χ0v) is 10.4. The fraction of sp³-hybridized carbons (Fsp3) is 0. The lowest BCUT2D eigenvalue weighted by Gasteiger charge is -2.05. The molecule has 1 amide bonds. The Kier molecular flexibility index (Phi) is 3.77. The second-order valence-corrected chi connectivity index (χ2v) is 4.09. The fourth-order valence-electron chi connectivity index (χ4n) is 1.44. The van der Waals surface area contributed by atoms with E-state index in [1.807, 2.05) is 0 Å². The number of carboxylic acids is 1. The summed E-state index contributed by atoms with van der Waals surface area (Å²) in [6, 6.07) is 8.85. The number of aromatic nitrogens is 1. The number of nitrogens with one attached hydrogen (secondary N) is 1. The molecule has 0 fully saturated rings. The van der Waals surface area contributed by atoms with Gasteiger partial charge in [0.15, 0.2) is 0 Å². The summed E-state index contributed by atoms with van der Waals surface area (Å²) in [4.78, 5) is 26.3. The van der Waals surface area contributed by atoms with Crippen LogP contribution < -0.4 is 5.32 Å². The topological polar surface area (TPSA) is 79.3 Å². The molecule has 0 radical (unpaired) electrons. The smallest absolute Gasteiger partial charge is 0.335 e. The van der Waals surface area contributed by atoms with Crippen LogP contribution in [0.15, 0.2) is 42.6 Å². The Bertz CT molecular complexity index is 626. The summed E-state index contributed by atoms with van der Waals surface area (Å²) >= 11 is 5.69. The van der Waals surface area contributed by atoms with E-state index in [1.165, 1.54) is 42.6 Å². The lowest BCUT2D eigenvalue weighted by molar-refractivity contribution is 0.0696. The quantitative estimate of drug-likeness (QED) is 0.845. The van der Waals surface area contributed by atoms with Gasteiger partial charge in [-0.25, -0.2) is 9.78 Å². The predicted octanol–water partition coefficient (Wildman–Crippen LogP) is 2.69. The molecule has 5 nitrogen and oxygen atoms in total. The van der Waals surface area contributed by atoms with E-state index in [2.05, 4.69) is 10.3 Å². The second-order valence-electron chi connectivity index (χ2n) is 3.70. The van der Waals surface area contributed by atoms with Crippen molar-refractivity contribution in [2.75, 3.05) is 5.32 Å². The SMILES string of the molecule is O=C(O)c1ccc(NC(=O)c2ccnc(Cl)c2)cc1. The molecule has 0 atom stereocenters. The van der Waals surface area contributed by atoms with Crippen molar-refractivity contribution in [3.8, 4) is 0 Å². The van der Waals surface area contributed by atoms with Gasteiger partial charge in [-0.05, 0) is 36.4 Å². The van der Waals surface area contributed by atoms with E-state index in [9.17, 15) is 9.59 Å². The van der Waals surface area contributed by atoms with Crippen LogP contribution in [-0.2, 0) is 0 Å². The highest BCUT2D eigenvalue weighted by molar-refractivity contribution is 6.29. The molecule has 0 aliphatic rings. The van der Waals surface area contributed by atoms with E-state index < -0.39 is 5.97 Å². The van der Waals surface area contributed by atoms with Crippen LogP contribution in [0.5, 0.6) is 0 Å². The predicted molar refractivity (Wildman–Crippen MR) is 70.6 cm³/mol. The van der Waals surface area contributed by atoms with E-state index in [1.54, 1.807) is 0 Å². The van der Waals surface area contributed by atoms with Crippen LogP contribution in [0, 0.1) is 0 Å². The molecule has 19 heavy (non-hydrogen) atoms. The molecule has 1 aromatic heterocycles. The number of aromatic carboxylic acids is 1. The Hall–Kier alpha value is -2.40. The van der Waals surface area contributed by atoms with Gasteiger partial charge in [-0.15, -0.1) is 0 Å². The van der Waals surface area contributed by atoms with Crippen molar-refractivity contribution in [1.82, 2.24) is 4.98 Å². The van der Waals surface area contributed by atoms with E-state index in [4.69, 9.17) is 16.7 Å². The fourth-order valence-corrected chi connectivity index (χ4v) is 1.62. The van der Waals surface area contributed by atoms with Gasteiger partial charge in [-0.3, -0.25) is 4.79 Å². The van der Waals surface area contributed by atoms with Gasteiger partial charge >= 0.3 is 5.97 Å². The van der Waals surface area contributed by atoms with Crippen LogP contribution >= 0.6 is 11.6 Å². The molecular weight excluding hydrogens is 268 g/mol. The Balaban J connectivity index is 2.13. The number of carbonyl (C=O) groups excluding carboxylic acids is 1. The minimum atomic E-state index is -1.02. The Morgan fingerprint density at radius 3 is 2.37 bits per heavy atom. The molecule has 0 aliphatic heterocycles. The lowest BCUT2D eigenvalue weighted by atomic mass is 10.2. The van der Waals surface area contributed by atoms with Crippen molar-refractivity contribution < 1.29 is 14.7 Å². The third kappa shape index (κ3) is 3.29.